The van der Waals surface area contributed by atoms with Crippen molar-refractivity contribution in [3.8, 4) is 11.1 Å². The Morgan fingerprint density at radius 2 is 1.82 bits per heavy atom. The number of amides is 2. The standard InChI is InChI=1S/C21H18N4O3/c1-13(26)14-7-9-16(10-8-14)23-19(27)11-18-21(28)24-20-17(12-22-25(18)20)15-5-3-2-4-6-15/h2-10,12,18H,11H2,1H3,(H,23,27)(H,24,28). The fourth-order valence-electron chi connectivity index (χ4n) is 3.22. The number of nitrogens with zero attached hydrogens (tertiary/aromatic N) is 2. The highest BCUT2D eigenvalue weighted by molar-refractivity contribution is 6.04. The van der Waals surface area contributed by atoms with Crippen LogP contribution in [0.1, 0.15) is 29.7 Å². The average Bonchev–Trinajstić information content (AvgIpc) is 3.22. The normalized spacial score (nSPS) is 15.0. The van der Waals surface area contributed by atoms with Gasteiger partial charge in [0, 0.05) is 16.8 Å². The number of hydrogen-bond acceptors (Lipinski definition) is 4. The number of Topliss-reactive ketones (excluding diaryl/α,β-unsaturated/α-hetero) is 1. The number of carbonyl (C=O) groups excluding carboxylic acids is 3. The van der Waals surface area contributed by atoms with Crippen molar-refractivity contribution in [2.24, 2.45) is 0 Å². The van der Waals surface area contributed by atoms with Crippen molar-refractivity contribution in [2.75, 3.05) is 10.6 Å². The largest absolute Gasteiger partial charge is 0.326 e. The zero-order chi connectivity index (χ0) is 19.7. The molecule has 0 radical (unpaired) electrons. The lowest BCUT2D eigenvalue weighted by Gasteiger charge is -2.10. The molecule has 4 rings (SSSR count). The van der Waals surface area contributed by atoms with Crippen LogP contribution in [0.25, 0.3) is 11.1 Å². The van der Waals surface area contributed by atoms with E-state index in [-0.39, 0.29) is 24.0 Å². The Labute approximate surface area is 161 Å². The third-order valence-corrected chi connectivity index (χ3v) is 4.67. The number of ketones is 1. The molecular formula is C21H18N4O3. The molecule has 2 heterocycles. The average molecular weight is 374 g/mol. The van der Waals surface area contributed by atoms with E-state index in [1.807, 2.05) is 30.3 Å². The fourth-order valence-corrected chi connectivity index (χ4v) is 3.22. The molecule has 2 amide bonds. The Bertz CT molecular complexity index is 1060. The molecule has 0 saturated carbocycles. The van der Waals surface area contributed by atoms with E-state index >= 15 is 0 Å². The van der Waals surface area contributed by atoms with Gasteiger partial charge in [-0.2, -0.15) is 5.10 Å². The first-order valence-electron chi connectivity index (χ1n) is 8.87. The second-order valence-corrected chi connectivity index (χ2v) is 6.61. The van der Waals surface area contributed by atoms with Gasteiger partial charge in [0.2, 0.25) is 5.91 Å². The molecule has 1 atom stereocenters. The molecule has 1 unspecified atom stereocenters. The zero-order valence-electron chi connectivity index (χ0n) is 15.2. The van der Waals surface area contributed by atoms with Gasteiger partial charge in [-0.15, -0.1) is 0 Å². The number of carbonyl (C=O) groups is 3. The van der Waals surface area contributed by atoms with Gasteiger partial charge in [-0.1, -0.05) is 30.3 Å². The number of benzene rings is 2. The van der Waals surface area contributed by atoms with Crippen LogP contribution in [-0.2, 0) is 9.59 Å². The number of aromatic nitrogens is 2. The predicted octanol–water partition coefficient (Wildman–Crippen LogP) is 3.27. The van der Waals surface area contributed by atoms with Gasteiger partial charge in [0.1, 0.15) is 11.9 Å². The molecule has 2 N–H and O–H groups in total. The van der Waals surface area contributed by atoms with Crippen molar-refractivity contribution >= 4 is 29.1 Å². The SMILES string of the molecule is CC(=O)c1ccc(NC(=O)CC2C(=O)Nc3c(-c4ccccc4)cnn32)cc1. The molecule has 28 heavy (non-hydrogen) atoms. The van der Waals surface area contributed by atoms with Crippen molar-refractivity contribution in [1.82, 2.24) is 9.78 Å². The Hall–Kier alpha value is -3.74. The van der Waals surface area contributed by atoms with Gasteiger partial charge in [0.05, 0.1) is 12.6 Å². The zero-order valence-corrected chi connectivity index (χ0v) is 15.2. The minimum atomic E-state index is -0.705. The van der Waals surface area contributed by atoms with Crippen LogP contribution in [0.2, 0.25) is 0 Å². The predicted molar refractivity (Wildman–Crippen MR) is 105 cm³/mol. The maximum absolute atomic E-state index is 12.4. The highest BCUT2D eigenvalue weighted by Gasteiger charge is 2.35. The van der Waals surface area contributed by atoms with E-state index in [9.17, 15) is 14.4 Å². The molecule has 3 aromatic rings. The van der Waals surface area contributed by atoms with Crippen molar-refractivity contribution in [3.63, 3.8) is 0 Å². The van der Waals surface area contributed by atoms with Crippen molar-refractivity contribution in [2.45, 2.75) is 19.4 Å². The maximum Gasteiger partial charge on any atom is 0.251 e. The molecular weight excluding hydrogens is 356 g/mol. The first kappa shape index (κ1) is 17.7. The second-order valence-electron chi connectivity index (χ2n) is 6.61. The monoisotopic (exact) mass is 374 g/mol. The molecule has 1 aliphatic heterocycles. The number of anilines is 2. The van der Waals surface area contributed by atoms with Gasteiger partial charge in [-0.05, 0) is 36.8 Å². The molecule has 0 saturated heterocycles. The second kappa shape index (κ2) is 7.11. The molecule has 0 bridgehead atoms. The van der Waals surface area contributed by atoms with Crippen molar-refractivity contribution in [1.29, 1.82) is 0 Å². The number of nitrogens with one attached hydrogen (secondary N) is 2. The molecule has 2 aromatic carbocycles. The molecule has 7 heteroatoms. The van der Waals surface area contributed by atoms with Gasteiger partial charge in [0.25, 0.3) is 5.91 Å². The van der Waals surface area contributed by atoms with Crippen LogP contribution in [0.5, 0.6) is 0 Å². The molecule has 1 aliphatic rings. The Morgan fingerprint density at radius 1 is 1.11 bits per heavy atom. The van der Waals surface area contributed by atoms with Crippen LogP contribution in [0.15, 0.2) is 60.8 Å². The van der Waals surface area contributed by atoms with E-state index in [2.05, 4.69) is 15.7 Å². The van der Waals surface area contributed by atoms with E-state index in [1.54, 1.807) is 35.1 Å². The van der Waals surface area contributed by atoms with Crippen LogP contribution in [0, 0.1) is 0 Å². The van der Waals surface area contributed by atoms with Crippen LogP contribution in [0.3, 0.4) is 0 Å². The quantitative estimate of drug-likeness (QED) is 0.670. The summed E-state index contributed by atoms with van der Waals surface area (Å²) in [7, 11) is 0. The van der Waals surface area contributed by atoms with E-state index in [1.165, 1.54) is 6.92 Å². The van der Waals surface area contributed by atoms with Crippen LogP contribution < -0.4 is 10.6 Å². The summed E-state index contributed by atoms with van der Waals surface area (Å²) in [5.74, 6) is -0.0107. The smallest absolute Gasteiger partial charge is 0.251 e. The van der Waals surface area contributed by atoms with Gasteiger partial charge in [0.15, 0.2) is 5.78 Å². The molecule has 140 valence electrons. The Kier molecular flexibility index (Phi) is 4.49. The molecule has 7 nitrogen and oxygen atoms in total. The molecule has 0 spiro atoms. The minimum absolute atomic E-state index is 0.0385. The summed E-state index contributed by atoms with van der Waals surface area (Å²) >= 11 is 0. The summed E-state index contributed by atoms with van der Waals surface area (Å²) < 4.78 is 1.56. The van der Waals surface area contributed by atoms with E-state index in [0.29, 0.717) is 17.1 Å². The summed E-state index contributed by atoms with van der Waals surface area (Å²) in [5.41, 5.74) is 2.90. The maximum atomic E-state index is 12.4. The van der Waals surface area contributed by atoms with Gasteiger partial charge in [-0.3, -0.25) is 14.4 Å². The van der Waals surface area contributed by atoms with E-state index in [4.69, 9.17) is 0 Å². The van der Waals surface area contributed by atoms with Gasteiger partial charge < -0.3 is 10.6 Å². The highest BCUT2D eigenvalue weighted by atomic mass is 16.2. The lowest BCUT2D eigenvalue weighted by Crippen LogP contribution is -2.23. The third-order valence-electron chi connectivity index (χ3n) is 4.67. The number of rotatable bonds is 5. The first-order valence-corrected chi connectivity index (χ1v) is 8.87. The van der Waals surface area contributed by atoms with Crippen molar-refractivity contribution < 1.29 is 14.4 Å². The number of hydrogen-bond donors (Lipinski definition) is 2. The molecule has 0 aliphatic carbocycles. The summed E-state index contributed by atoms with van der Waals surface area (Å²) in [6.45, 7) is 1.48. The van der Waals surface area contributed by atoms with Gasteiger partial charge in [-0.25, -0.2) is 4.68 Å². The van der Waals surface area contributed by atoms with E-state index in [0.717, 1.165) is 11.1 Å². The number of fused-ring (bicyclic) bond motifs is 1. The molecule has 1 aromatic heterocycles. The van der Waals surface area contributed by atoms with Gasteiger partial charge >= 0.3 is 0 Å². The Balaban J connectivity index is 1.49. The topological polar surface area (TPSA) is 93.1 Å². The fraction of sp³-hybridized carbons (Fsp3) is 0.143. The lowest BCUT2D eigenvalue weighted by molar-refractivity contribution is -0.123. The summed E-state index contributed by atoms with van der Waals surface area (Å²) in [6, 6.07) is 15.5. The Morgan fingerprint density at radius 3 is 2.50 bits per heavy atom. The van der Waals surface area contributed by atoms with Crippen LogP contribution >= 0.6 is 0 Å². The lowest BCUT2D eigenvalue weighted by atomic mass is 10.1. The third kappa shape index (κ3) is 3.29. The van der Waals surface area contributed by atoms with Crippen LogP contribution in [0.4, 0.5) is 11.5 Å². The molecule has 0 fully saturated rings. The highest BCUT2D eigenvalue weighted by Crippen LogP contribution is 2.35. The minimum Gasteiger partial charge on any atom is -0.326 e. The van der Waals surface area contributed by atoms with E-state index < -0.39 is 6.04 Å². The summed E-state index contributed by atoms with van der Waals surface area (Å²) in [6.07, 6.45) is 1.65. The van der Waals surface area contributed by atoms with Crippen molar-refractivity contribution in [3.05, 3.63) is 66.4 Å². The summed E-state index contributed by atoms with van der Waals surface area (Å²) in [5, 5.41) is 9.89. The first-order chi connectivity index (χ1) is 13.5. The van der Waals surface area contributed by atoms with Crippen LogP contribution in [-0.4, -0.2) is 27.4 Å². The summed E-state index contributed by atoms with van der Waals surface area (Å²) in [4.78, 5) is 36.1.